The molecule has 0 aliphatic carbocycles. The SMILES string of the molecule is CCc1nc2cc(C)ccn2c1C(=O)Nc1ccc(I)cc1. The van der Waals surface area contributed by atoms with Crippen molar-refractivity contribution in [2.45, 2.75) is 20.3 Å². The number of hydrogen-bond acceptors (Lipinski definition) is 2. The van der Waals surface area contributed by atoms with Crippen LogP contribution in [0.5, 0.6) is 0 Å². The van der Waals surface area contributed by atoms with E-state index in [1.54, 1.807) is 0 Å². The Kier molecular flexibility index (Phi) is 4.15. The van der Waals surface area contributed by atoms with Crippen LogP contribution in [-0.4, -0.2) is 15.3 Å². The first-order valence-corrected chi connectivity index (χ1v) is 8.21. The zero-order chi connectivity index (χ0) is 15.7. The smallest absolute Gasteiger partial charge is 0.274 e. The van der Waals surface area contributed by atoms with Gasteiger partial charge in [-0.15, -0.1) is 0 Å². The molecule has 0 radical (unpaired) electrons. The number of aromatic nitrogens is 2. The fraction of sp³-hybridized carbons (Fsp3) is 0.176. The number of nitrogens with one attached hydrogen (secondary N) is 1. The molecular formula is C17H16IN3O. The number of pyridine rings is 1. The summed E-state index contributed by atoms with van der Waals surface area (Å²) in [5.74, 6) is -0.130. The zero-order valence-electron chi connectivity index (χ0n) is 12.4. The molecule has 0 spiro atoms. The third-order valence-corrected chi connectivity index (χ3v) is 4.23. The molecule has 0 atom stereocenters. The maximum atomic E-state index is 12.7. The molecule has 2 heterocycles. The maximum absolute atomic E-state index is 12.7. The molecule has 0 unspecified atom stereocenters. The summed E-state index contributed by atoms with van der Waals surface area (Å²) >= 11 is 2.24. The van der Waals surface area contributed by atoms with Crippen LogP contribution in [0.1, 0.15) is 28.7 Å². The summed E-state index contributed by atoms with van der Waals surface area (Å²) < 4.78 is 2.99. The minimum absolute atomic E-state index is 0.130. The molecule has 0 bridgehead atoms. The van der Waals surface area contributed by atoms with Crippen molar-refractivity contribution in [2.24, 2.45) is 0 Å². The molecule has 3 rings (SSSR count). The number of nitrogens with zero attached hydrogens (tertiary/aromatic N) is 2. The Balaban J connectivity index is 2.00. The Hall–Kier alpha value is -1.89. The van der Waals surface area contributed by atoms with Crippen LogP contribution in [0.4, 0.5) is 5.69 Å². The molecule has 0 aliphatic heterocycles. The lowest BCUT2D eigenvalue weighted by Crippen LogP contribution is -2.16. The van der Waals surface area contributed by atoms with Crippen molar-refractivity contribution in [2.75, 3.05) is 5.32 Å². The van der Waals surface area contributed by atoms with E-state index in [4.69, 9.17) is 0 Å². The zero-order valence-corrected chi connectivity index (χ0v) is 14.6. The van der Waals surface area contributed by atoms with Gasteiger partial charge in [-0.2, -0.15) is 0 Å². The Morgan fingerprint density at radius 1 is 1.27 bits per heavy atom. The van der Waals surface area contributed by atoms with Crippen LogP contribution in [0.25, 0.3) is 5.65 Å². The van der Waals surface area contributed by atoms with Gasteiger partial charge >= 0.3 is 0 Å². The first-order chi connectivity index (χ1) is 10.6. The first-order valence-electron chi connectivity index (χ1n) is 7.13. The van der Waals surface area contributed by atoms with Crippen molar-refractivity contribution in [1.82, 2.24) is 9.38 Å². The van der Waals surface area contributed by atoms with Crippen molar-refractivity contribution in [3.8, 4) is 0 Å². The Labute approximate surface area is 142 Å². The van der Waals surface area contributed by atoms with E-state index in [1.165, 1.54) is 0 Å². The summed E-state index contributed by atoms with van der Waals surface area (Å²) in [6.07, 6.45) is 2.62. The van der Waals surface area contributed by atoms with E-state index in [0.29, 0.717) is 5.69 Å². The number of anilines is 1. The number of carbonyl (C=O) groups is 1. The monoisotopic (exact) mass is 405 g/mol. The van der Waals surface area contributed by atoms with E-state index < -0.39 is 0 Å². The highest BCUT2D eigenvalue weighted by Gasteiger charge is 2.18. The highest BCUT2D eigenvalue weighted by Crippen LogP contribution is 2.18. The molecule has 3 aromatic rings. The quantitative estimate of drug-likeness (QED) is 0.669. The molecular weight excluding hydrogens is 389 g/mol. The van der Waals surface area contributed by atoms with Gasteiger partial charge in [0.05, 0.1) is 5.69 Å². The summed E-state index contributed by atoms with van der Waals surface area (Å²) in [6, 6.07) is 11.7. The predicted octanol–water partition coefficient (Wildman–Crippen LogP) is 4.06. The lowest BCUT2D eigenvalue weighted by molar-refractivity contribution is 0.102. The average molecular weight is 405 g/mol. The van der Waals surface area contributed by atoms with E-state index in [0.717, 1.165) is 32.6 Å². The number of halogens is 1. The molecule has 4 nitrogen and oxygen atoms in total. The summed E-state index contributed by atoms with van der Waals surface area (Å²) in [5, 5.41) is 2.95. The molecule has 1 amide bonds. The molecule has 0 saturated carbocycles. The normalized spacial score (nSPS) is 10.9. The number of fused-ring (bicyclic) bond motifs is 1. The number of rotatable bonds is 3. The second kappa shape index (κ2) is 6.08. The number of amides is 1. The van der Waals surface area contributed by atoms with Crippen LogP contribution in [0, 0.1) is 10.5 Å². The molecule has 0 saturated heterocycles. The standard InChI is InChI=1S/C17H16IN3O/c1-3-14-16(21-9-8-11(2)10-15(21)20-14)17(22)19-13-6-4-12(18)5-7-13/h4-10H,3H2,1-2H3,(H,19,22). The molecule has 5 heteroatoms. The lowest BCUT2D eigenvalue weighted by atomic mass is 10.2. The third-order valence-electron chi connectivity index (χ3n) is 3.51. The van der Waals surface area contributed by atoms with Crippen LogP contribution in [-0.2, 0) is 6.42 Å². The van der Waals surface area contributed by atoms with Crippen LogP contribution < -0.4 is 5.32 Å². The van der Waals surface area contributed by atoms with Gasteiger partial charge in [-0.1, -0.05) is 6.92 Å². The van der Waals surface area contributed by atoms with E-state index in [9.17, 15) is 4.79 Å². The lowest BCUT2D eigenvalue weighted by Gasteiger charge is -2.07. The second-order valence-corrected chi connectivity index (χ2v) is 6.40. The summed E-state index contributed by atoms with van der Waals surface area (Å²) in [4.78, 5) is 17.2. The number of aryl methyl sites for hydroxylation is 2. The summed E-state index contributed by atoms with van der Waals surface area (Å²) in [7, 11) is 0. The van der Waals surface area contributed by atoms with E-state index in [-0.39, 0.29) is 5.91 Å². The van der Waals surface area contributed by atoms with Gasteiger partial charge in [-0.25, -0.2) is 4.98 Å². The van der Waals surface area contributed by atoms with Gasteiger partial charge in [0.1, 0.15) is 11.3 Å². The number of carbonyl (C=O) groups excluding carboxylic acids is 1. The first kappa shape index (κ1) is 15.0. The second-order valence-electron chi connectivity index (χ2n) is 5.15. The topological polar surface area (TPSA) is 46.4 Å². The van der Waals surface area contributed by atoms with Crippen LogP contribution in [0.3, 0.4) is 0 Å². The third kappa shape index (κ3) is 2.85. The Morgan fingerprint density at radius 3 is 2.68 bits per heavy atom. The van der Waals surface area contributed by atoms with Gasteiger partial charge in [-0.05, 0) is 77.9 Å². The molecule has 2 aromatic heterocycles. The van der Waals surface area contributed by atoms with Crippen molar-refractivity contribution < 1.29 is 4.79 Å². The summed E-state index contributed by atoms with van der Waals surface area (Å²) in [6.45, 7) is 4.03. The van der Waals surface area contributed by atoms with Crippen molar-refractivity contribution in [3.63, 3.8) is 0 Å². The van der Waals surface area contributed by atoms with Crippen LogP contribution in [0.15, 0.2) is 42.6 Å². The Bertz CT molecular complexity index is 837. The fourth-order valence-corrected chi connectivity index (χ4v) is 2.77. The van der Waals surface area contributed by atoms with Crippen molar-refractivity contribution >= 4 is 39.8 Å². The molecule has 1 N–H and O–H groups in total. The van der Waals surface area contributed by atoms with E-state index in [2.05, 4.69) is 32.9 Å². The minimum Gasteiger partial charge on any atom is -0.321 e. The maximum Gasteiger partial charge on any atom is 0.274 e. The van der Waals surface area contributed by atoms with Crippen LogP contribution >= 0.6 is 22.6 Å². The number of benzene rings is 1. The highest BCUT2D eigenvalue weighted by molar-refractivity contribution is 14.1. The number of imidazole rings is 1. The average Bonchev–Trinajstić information content (AvgIpc) is 2.87. The fourth-order valence-electron chi connectivity index (χ4n) is 2.41. The molecule has 0 aliphatic rings. The summed E-state index contributed by atoms with van der Waals surface area (Å²) in [5.41, 5.74) is 4.15. The molecule has 112 valence electrons. The minimum atomic E-state index is -0.130. The Morgan fingerprint density at radius 2 is 2.00 bits per heavy atom. The molecule has 0 fully saturated rings. The van der Waals surface area contributed by atoms with Gasteiger partial charge < -0.3 is 5.32 Å². The number of hydrogen-bond donors (Lipinski definition) is 1. The van der Waals surface area contributed by atoms with Gasteiger partial charge in [0, 0.05) is 15.5 Å². The van der Waals surface area contributed by atoms with Gasteiger partial charge in [0.15, 0.2) is 0 Å². The van der Waals surface area contributed by atoms with Gasteiger partial charge in [-0.3, -0.25) is 9.20 Å². The van der Waals surface area contributed by atoms with E-state index >= 15 is 0 Å². The van der Waals surface area contributed by atoms with Crippen LogP contribution in [0.2, 0.25) is 0 Å². The largest absolute Gasteiger partial charge is 0.321 e. The van der Waals surface area contributed by atoms with Gasteiger partial charge in [0.25, 0.3) is 5.91 Å². The van der Waals surface area contributed by atoms with E-state index in [1.807, 2.05) is 60.8 Å². The predicted molar refractivity (Wildman–Crippen MR) is 96.4 cm³/mol. The van der Waals surface area contributed by atoms with Crippen molar-refractivity contribution in [1.29, 1.82) is 0 Å². The molecule has 22 heavy (non-hydrogen) atoms. The van der Waals surface area contributed by atoms with Crippen molar-refractivity contribution in [3.05, 3.63) is 63.1 Å². The van der Waals surface area contributed by atoms with Gasteiger partial charge in [0.2, 0.25) is 0 Å². The highest BCUT2D eigenvalue weighted by atomic mass is 127. The molecule has 1 aromatic carbocycles.